The van der Waals surface area contributed by atoms with Gasteiger partial charge >= 0.3 is 6.36 Å². The fourth-order valence-electron chi connectivity index (χ4n) is 1.41. The number of alkyl halides is 3. The van der Waals surface area contributed by atoms with Crippen molar-refractivity contribution in [3.8, 4) is 5.75 Å². The fourth-order valence-corrected chi connectivity index (χ4v) is 1.41. The number of ether oxygens (including phenoxy) is 1. The van der Waals surface area contributed by atoms with Crippen molar-refractivity contribution in [1.29, 1.82) is 0 Å². The first-order valence-corrected chi connectivity index (χ1v) is 5.09. The Morgan fingerprint density at radius 3 is 2.59 bits per heavy atom. The van der Waals surface area contributed by atoms with Crippen LogP contribution in [-0.4, -0.2) is 20.0 Å². The number of para-hydroxylation sites is 1. The molecule has 0 aliphatic carbocycles. The Bertz CT molecular complexity index is 399. The van der Waals surface area contributed by atoms with E-state index < -0.39 is 6.36 Å². The molecular weight excluding hydrogens is 231 g/mol. The summed E-state index contributed by atoms with van der Waals surface area (Å²) in [6.07, 6.45) is -3.00. The van der Waals surface area contributed by atoms with Gasteiger partial charge < -0.3 is 10.1 Å². The predicted molar refractivity (Wildman–Crippen MR) is 60.7 cm³/mol. The van der Waals surface area contributed by atoms with E-state index in [0.29, 0.717) is 12.1 Å². The van der Waals surface area contributed by atoms with Gasteiger partial charge in [-0.1, -0.05) is 29.8 Å². The largest absolute Gasteiger partial charge is 0.573 e. The fraction of sp³-hybridized carbons (Fsp3) is 0.333. The maximum atomic E-state index is 12.2. The van der Waals surface area contributed by atoms with Gasteiger partial charge in [-0.25, -0.2) is 0 Å². The van der Waals surface area contributed by atoms with Gasteiger partial charge in [0.05, 0.1) is 0 Å². The molecule has 1 rings (SSSR count). The van der Waals surface area contributed by atoms with E-state index in [2.05, 4.69) is 10.1 Å². The topological polar surface area (TPSA) is 21.3 Å². The highest BCUT2D eigenvalue weighted by Crippen LogP contribution is 2.27. The smallest absolute Gasteiger partial charge is 0.405 e. The maximum absolute atomic E-state index is 12.2. The standard InChI is InChI=1S/C12H14F3NO/c1-9(8-16-2)7-10-5-3-4-6-11(10)17-12(13,14)15/h3-7,16H,8H2,1-2H3. The van der Waals surface area contributed by atoms with Gasteiger partial charge in [0.15, 0.2) is 0 Å². The van der Waals surface area contributed by atoms with Gasteiger partial charge in [0.25, 0.3) is 0 Å². The normalized spacial score (nSPS) is 12.6. The minimum absolute atomic E-state index is 0.185. The summed E-state index contributed by atoms with van der Waals surface area (Å²) in [6.45, 7) is 2.45. The van der Waals surface area contributed by atoms with Crippen LogP contribution in [-0.2, 0) is 0 Å². The number of rotatable bonds is 4. The van der Waals surface area contributed by atoms with Gasteiger partial charge in [0, 0.05) is 12.1 Å². The second-order valence-corrected chi connectivity index (χ2v) is 3.61. The van der Waals surface area contributed by atoms with E-state index >= 15 is 0 Å². The van der Waals surface area contributed by atoms with Crippen LogP contribution in [0.4, 0.5) is 13.2 Å². The molecule has 0 spiro atoms. The molecule has 0 amide bonds. The average Bonchev–Trinajstić information content (AvgIpc) is 2.19. The molecule has 1 N–H and O–H groups in total. The van der Waals surface area contributed by atoms with Gasteiger partial charge in [0.1, 0.15) is 5.75 Å². The van der Waals surface area contributed by atoms with E-state index in [1.165, 1.54) is 12.1 Å². The first kappa shape index (κ1) is 13.6. The molecule has 0 unspecified atom stereocenters. The highest BCUT2D eigenvalue weighted by molar-refractivity contribution is 5.59. The van der Waals surface area contributed by atoms with Gasteiger partial charge in [-0.3, -0.25) is 0 Å². The molecule has 0 aliphatic heterocycles. The zero-order chi connectivity index (χ0) is 12.9. The first-order valence-electron chi connectivity index (χ1n) is 5.09. The number of likely N-dealkylation sites (N-methyl/N-ethyl adjacent to an activating group) is 1. The summed E-state index contributed by atoms with van der Waals surface area (Å²) in [5, 5.41) is 2.92. The first-order chi connectivity index (χ1) is 7.92. The van der Waals surface area contributed by atoms with Crippen LogP contribution in [0, 0.1) is 0 Å². The molecule has 94 valence electrons. The molecular formula is C12H14F3NO. The van der Waals surface area contributed by atoms with Crippen molar-refractivity contribution in [2.75, 3.05) is 13.6 Å². The Balaban J connectivity index is 2.96. The van der Waals surface area contributed by atoms with Crippen LogP contribution in [0.3, 0.4) is 0 Å². The Labute approximate surface area is 98.1 Å². The van der Waals surface area contributed by atoms with Crippen molar-refractivity contribution in [2.24, 2.45) is 0 Å². The van der Waals surface area contributed by atoms with Crippen LogP contribution in [0.1, 0.15) is 12.5 Å². The summed E-state index contributed by atoms with van der Waals surface area (Å²) in [5.41, 5.74) is 1.34. The van der Waals surface area contributed by atoms with Crippen molar-refractivity contribution in [1.82, 2.24) is 5.32 Å². The van der Waals surface area contributed by atoms with Crippen molar-refractivity contribution in [3.05, 3.63) is 35.4 Å². The van der Waals surface area contributed by atoms with Crippen molar-refractivity contribution < 1.29 is 17.9 Å². The van der Waals surface area contributed by atoms with Gasteiger partial charge in [-0.15, -0.1) is 13.2 Å². The molecule has 0 aromatic heterocycles. The zero-order valence-corrected chi connectivity index (χ0v) is 9.64. The molecule has 0 saturated heterocycles. The molecule has 0 heterocycles. The van der Waals surface area contributed by atoms with Gasteiger partial charge in [0.2, 0.25) is 0 Å². The second-order valence-electron chi connectivity index (χ2n) is 3.61. The molecule has 1 aromatic rings. The Morgan fingerprint density at radius 1 is 1.35 bits per heavy atom. The summed E-state index contributed by atoms with van der Waals surface area (Å²) >= 11 is 0. The molecule has 0 saturated carbocycles. The third kappa shape index (κ3) is 4.91. The maximum Gasteiger partial charge on any atom is 0.573 e. The summed E-state index contributed by atoms with van der Waals surface area (Å²) in [4.78, 5) is 0. The quantitative estimate of drug-likeness (QED) is 0.879. The Kier molecular flexibility index (Phi) is 4.57. The molecule has 0 radical (unpaired) electrons. The minimum Gasteiger partial charge on any atom is -0.405 e. The second kappa shape index (κ2) is 5.72. The lowest BCUT2D eigenvalue weighted by Gasteiger charge is -2.11. The van der Waals surface area contributed by atoms with E-state index in [-0.39, 0.29) is 5.75 Å². The highest BCUT2D eigenvalue weighted by Gasteiger charge is 2.31. The van der Waals surface area contributed by atoms with Crippen molar-refractivity contribution >= 4 is 6.08 Å². The molecule has 5 heteroatoms. The van der Waals surface area contributed by atoms with Crippen LogP contribution in [0.15, 0.2) is 29.8 Å². The highest BCUT2D eigenvalue weighted by atomic mass is 19.4. The average molecular weight is 245 g/mol. The number of benzene rings is 1. The minimum atomic E-state index is -4.67. The molecule has 2 nitrogen and oxygen atoms in total. The van der Waals surface area contributed by atoms with Crippen LogP contribution in [0.5, 0.6) is 5.75 Å². The molecule has 17 heavy (non-hydrogen) atoms. The monoisotopic (exact) mass is 245 g/mol. The zero-order valence-electron chi connectivity index (χ0n) is 9.64. The van der Waals surface area contributed by atoms with Gasteiger partial charge in [-0.05, 0) is 20.0 Å². The number of halogens is 3. The van der Waals surface area contributed by atoms with E-state index in [4.69, 9.17) is 0 Å². The molecule has 0 bridgehead atoms. The van der Waals surface area contributed by atoms with Crippen molar-refractivity contribution in [2.45, 2.75) is 13.3 Å². The van der Waals surface area contributed by atoms with Crippen LogP contribution in [0.2, 0.25) is 0 Å². The Hall–Kier alpha value is -1.49. The van der Waals surface area contributed by atoms with Crippen LogP contribution < -0.4 is 10.1 Å². The third-order valence-corrected chi connectivity index (χ3v) is 2.00. The summed E-state index contributed by atoms with van der Waals surface area (Å²) in [5.74, 6) is -0.185. The number of hydrogen-bond donors (Lipinski definition) is 1. The van der Waals surface area contributed by atoms with E-state index in [1.54, 1.807) is 25.3 Å². The van der Waals surface area contributed by atoms with Crippen LogP contribution in [0.25, 0.3) is 6.08 Å². The number of hydrogen-bond acceptors (Lipinski definition) is 2. The Morgan fingerprint density at radius 2 is 2.00 bits per heavy atom. The van der Waals surface area contributed by atoms with Gasteiger partial charge in [-0.2, -0.15) is 0 Å². The molecule has 1 aromatic carbocycles. The predicted octanol–water partition coefficient (Wildman–Crippen LogP) is 3.21. The third-order valence-electron chi connectivity index (χ3n) is 2.00. The lowest BCUT2D eigenvalue weighted by Crippen LogP contribution is -2.17. The van der Waals surface area contributed by atoms with Crippen molar-refractivity contribution in [3.63, 3.8) is 0 Å². The lowest BCUT2D eigenvalue weighted by atomic mass is 10.1. The van der Waals surface area contributed by atoms with E-state index in [0.717, 1.165) is 5.57 Å². The number of nitrogens with one attached hydrogen (secondary N) is 1. The summed E-state index contributed by atoms with van der Waals surface area (Å²) in [7, 11) is 1.77. The van der Waals surface area contributed by atoms with E-state index in [1.807, 2.05) is 6.92 Å². The molecule has 0 aliphatic rings. The molecule has 0 fully saturated rings. The molecule has 0 atom stereocenters. The SMILES string of the molecule is CNCC(C)=Cc1ccccc1OC(F)(F)F. The van der Waals surface area contributed by atoms with E-state index in [9.17, 15) is 13.2 Å². The van der Waals surface area contributed by atoms with Crippen LogP contribution >= 0.6 is 0 Å². The lowest BCUT2D eigenvalue weighted by molar-refractivity contribution is -0.274. The summed E-state index contributed by atoms with van der Waals surface area (Å²) in [6, 6.07) is 6.06. The summed E-state index contributed by atoms with van der Waals surface area (Å²) < 4.78 is 40.4.